The molecule has 0 bridgehead atoms. The first-order valence-corrected chi connectivity index (χ1v) is 31.0. The van der Waals surface area contributed by atoms with Crippen molar-refractivity contribution in [1.29, 1.82) is 0 Å². The van der Waals surface area contributed by atoms with Crippen molar-refractivity contribution in [3.8, 4) is 0 Å². The van der Waals surface area contributed by atoms with Gasteiger partial charge in [0.2, 0.25) is 5.91 Å². The van der Waals surface area contributed by atoms with Crippen LogP contribution in [-0.4, -0.2) is 34.9 Å². The van der Waals surface area contributed by atoms with E-state index in [2.05, 4.69) is 104 Å². The van der Waals surface area contributed by atoms with Crippen molar-refractivity contribution < 1.29 is 15.0 Å². The summed E-state index contributed by atoms with van der Waals surface area (Å²) in [4.78, 5) is 12.5. The molecule has 0 rings (SSSR count). The van der Waals surface area contributed by atoms with Crippen LogP contribution >= 0.6 is 0 Å². The van der Waals surface area contributed by atoms with Gasteiger partial charge in [-0.1, -0.05) is 310 Å². The lowest BCUT2D eigenvalue weighted by Crippen LogP contribution is -2.45. The van der Waals surface area contributed by atoms with Crippen LogP contribution in [0, 0.1) is 0 Å². The molecule has 0 spiro atoms. The number of aliphatic hydroxyl groups is 2. The Kier molecular flexibility index (Phi) is 59.3. The number of hydrogen-bond donors (Lipinski definition) is 3. The lowest BCUT2D eigenvalue weighted by atomic mass is 10.0. The molecular weight excluding hydrogens is 867 g/mol. The Morgan fingerprint density at radius 2 is 0.634 bits per heavy atom. The van der Waals surface area contributed by atoms with Crippen molar-refractivity contribution >= 4 is 5.91 Å². The van der Waals surface area contributed by atoms with E-state index in [1.807, 2.05) is 6.08 Å². The standard InChI is InChI=1S/C67H119NO3/c1-3-5-7-9-11-13-15-17-19-21-23-24-25-26-27-28-29-30-31-32-33-34-35-36-37-38-39-40-41-42-43-44-45-47-49-51-53-55-57-59-61-63-67(71)68-65(64-69)66(70)62-60-58-56-54-52-50-48-46-22-20-18-16-14-12-10-8-6-4-2/h5,7,11,13,17,19,23-24,26-27,29-30,52,54,60,62,65-66,69-70H,3-4,6,8-10,12,14-16,18,20-22,25,28,31-51,53,55-59,61,63-64H2,1-2H3,(H,68,71)/b7-5-,13-11-,19-17-,24-23-,27-26-,30-29-,54-52+,62-60+. The molecule has 4 nitrogen and oxygen atoms in total. The van der Waals surface area contributed by atoms with E-state index in [1.165, 1.54) is 212 Å². The number of rotatable bonds is 56. The molecule has 0 aromatic rings. The Labute approximate surface area is 443 Å². The smallest absolute Gasteiger partial charge is 0.220 e. The van der Waals surface area contributed by atoms with Crippen molar-refractivity contribution in [2.24, 2.45) is 0 Å². The molecule has 0 saturated heterocycles. The lowest BCUT2D eigenvalue weighted by Gasteiger charge is -2.19. The Morgan fingerprint density at radius 3 is 0.986 bits per heavy atom. The van der Waals surface area contributed by atoms with E-state index in [0.717, 1.165) is 70.6 Å². The van der Waals surface area contributed by atoms with Gasteiger partial charge in [-0.15, -0.1) is 0 Å². The number of carbonyl (C=O) groups excluding carboxylic acids is 1. The second-order valence-electron chi connectivity index (χ2n) is 20.7. The highest BCUT2D eigenvalue weighted by Gasteiger charge is 2.18. The first kappa shape index (κ1) is 68.3. The summed E-state index contributed by atoms with van der Waals surface area (Å²) in [6, 6.07) is -0.641. The zero-order chi connectivity index (χ0) is 51.3. The Bertz CT molecular complexity index is 1300. The Hall–Kier alpha value is -2.69. The number of amides is 1. The van der Waals surface area contributed by atoms with Crippen LogP contribution in [-0.2, 0) is 4.79 Å². The average Bonchev–Trinajstić information content (AvgIpc) is 3.37. The fourth-order valence-electron chi connectivity index (χ4n) is 9.14. The van der Waals surface area contributed by atoms with Gasteiger partial charge < -0.3 is 15.5 Å². The molecule has 0 aliphatic heterocycles. The predicted molar refractivity (Wildman–Crippen MR) is 317 cm³/mol. The minimum Gasteiger partial charge on any atom is -0.394 e. The fraction of sp³-hybridized carbons (Fsp3) is 0.746. The van der Waals surface area contributed by atoms with Gasteiger partial charge in [0.1, 0.15) is 0 Å². The van der Waals surface area contributed by atoms with E-state index in [-0.39, 0.29) is 12.5 Å². The topological polar surface area (TPSA) is 69.6 Å². The number of hydrogen-bond acceptors (Lipinski definition) is 3. The van der Waals surface area contributed by atoms with Crippen LogP contribution in [0.3, 0.4) is 0 Å². The molecule has 1 amide bonds. The third kappa shape index (κ3) is 58.1. The maximum atomic E-state index is 12.5. The average molecular weight is 987 g/mol. The molecule has 0 aromatic heterocycles. The summed E-state index contributed by atoms with van der Waals surface area (Å²) in [6.45, 7) is 4.20. The Balaban J connectivity index is 3.47. The maximum Gasteiger partial charge on any atom is 0.220 e. The lowest BCUT2D eigenvalue weighted by molar-refractivity contribution is -0.123. The largest absolute Gasteiger partial charge is 0.394 e. The molecule has 410 valence electrons. The summed E-state index contributed by atoms with van der Waals surface area (Å²) in [7, 11) is 0. The molecule has 0 radical (unpaired) electrons. The highest BCUT2D eigenvalue weighted by molar-refractivity contribution is 5.76. The van der Waals surface area contributed by atoms with Crippen molar-refractivity contribution in [3.05, 3.63) is 97.2 Å². The monoisotopic (exact) mass is 986 g/mol. The minimum absolute atomic E-state index is 0.0713. The van der Waals surface area contributed by atoms with Gasteiger partial charge in [-0.2, -0.15) is 0 Å². The second-order valence-corrected chi connectivity index (χ2v) is 20.7. The number of unbranched alkanes of at least 4 members (excludes halogenated alkanes) is 35. The van der Waals surface area contributed by atoms with Gasteiger partial charge in [0.25, 0.3) is 0 Å². The third-order valence-electron chi connectivity index (χ3n) is 13.8. The van der Waals surface area contributed by atoms with Gasteiger partial charge >= 0.3 is 0 Å². The first-order chi connectivity index (χ1) is 35.2. The van der Waals surface area contributed by atoms with E-state index in [4.69, 9.17) is 0 Å². The first-order valence-electron chi connectivity index (χ1n) is 31.0. The third-order valence-corrected chi connectivity index (χ3v) is 13.8. The Morgan fingerprint density at radius 1 is 0.352 bits per heavy atom. The maximum absolute atomic E-state index is 12.5. The molecule has 3 N–H and O–H groups in total. The van der Waals surface area contributed by atoms with E-state index in [1.54, 1.807) is 6.08 Å². The summed E-state index contributed by atoms with van der Waals surface area (Å²) in [5.74, 6) is -0.0713. The van der Waals surface area contributed by atoms with Crippen molar-refractivity contribution in [2.45, 2.75) is 315 Å². The van der Waals surface area contributed by atoms with Crippen molar-refractivity contribution in [3.63, 3.8) is 0 Å². The van der Waals surface area contributed by atoms with E-state index in [0.29, 0.717) is 6.42 Å². The van der Waals surface area contributed by atoms with E-state index < -0.39 is 12.1 Å². The molecule has 0 heterocycles. The van der Waals surface area contributed by atoms with Gasteiger partial charge in [0.05, 0.1) is 18.8 Å². The van der Waals surface area contributed by atoms with Crippen LogP contribution in [0.4, 0.5) is 0 Å². The zero-order valence-corrected chi connectivity index (χ0v) is 47.2. The molecule has 4 heteroatoms. The summed E-state index contributed by atoms with van der Waals surface area (Å²) < 4.78 is 0. The molecule has 2 unspecified atom stereocenters. The summed E-state index contributed by atoms with van der Waals surface area (Å²) in [5, 5.41) is 23.2. The molecule has 2 atom stereocenters. The second kappa shape index (κ2) is 61.6. The fourth-order valence-corrected chi connectivity index (χ4v) is 9.14. The quantitative estimate of drug-likeness (QED) is 0.0420. The predicted octanol–water partition coefficient (Wildman–Crippen LogP) is 20.9. The van der Waals surface area contributed by atoms with Gasteiger partial charge in [-0.3, -0.25) is 4.79 Å². The minimum atomic E-state index is -0.864. The van der Waals surface area contributed by atoms with Crippen LogP contribution < -0.4 is 5.32 Å². The van der Waals surface area contributed by atoms with Crippen LogP contribution in [0.25, 0.3) is 0 Å². The molecule has 0 fully saturated rings. The van der Waals surface area contributed by atoms with Crippen LogP contribution in [0.1, 0.15) is 303 Å². The molecule has 0 aliphatic rings. The molecule has 0 saturated carbocycles. The zero-order valence-electron chi connectivity index (χ0n) is 47.2. The SMILES string of the molecule is CC/C=C\C/C=C\C/C=C\C/C=C\C/C=C\C/C=C\CCCCCCCCCCCCCCCCCCCCCCCCC(=O)NC(CO)C(O)/C=C/CC/C=C/CCCCCCCCCCCCCC. The molecule has 0 aliphatic carbocycles. The van der Waals surface area contributed by atoms with Gasteiger partial charge in [0, 0.05) is 6.42 Å². The van der Waals surface area contributed by atoms with Crippen LogP contribution in [0.2, 0.25) is 0 Å². The van der Waals surface area contributed by atoms with Crippen molar-refractivity contribution in [2.75, 3.05) is 6.61 Å². The summed E-state index contributed by atoms with van der Waals surface area (Å²) >= 11 is 0. The summed E-state index contributed by atoms with van der Waals surface area (Å²) in [5.41, 5.74) is 0. The highest BCUT2D eigenvalue weighted by Crippen LogP contribution is 2.17. The molecule has 0 aromatic carbocycles. The van der Waals surface area contributed by atoms with Gasteiger partial charge in [0.15, 0.2) is 0 Å². The highest BCUT2D eigenvalue weighted by atomic mass is 16.3. The van der Waals surface area contributed by atoms with Gasteiger partial charge in [-0.25, -0.2) is 0 Å². The molecule has 71 heavy (non-hydrogen) atoms. The van der Waals surface area contributed by atoms with E-state index in [9.17, 15) is 15.0 Å². The number of carbonyl (C=O) groups is 1. The van der Waals surface area contributed by atoms with Crippen LogP contribution in [0.5, 0.6) is 0 Å². The number of allylic oxidation sites excluding steroid dienone is 15. The van der Waals surface area contributed by atoms with Gasteiger partial charge in [-0.05, 0) is 83.5 Å². The normalized spacial score (nSPS) is 13.5. The number of nitrogens with one attached hydrogen (secondary N) is 1. The van der Waals surface area contributed by atoms with E-state index >= 15 is 0 Å². The van der Waals surface area contributed by atoms with Crippen LogP contribution in [0.15, 0.2) is 97.2 Å². The molecular formula is C67H119NO3. The number of aliphatic hydroxyl groups excluding tert-OH is 2. The summed E-state index contributed by atoms with van der Waals surface area (Å²) in [6.07, 6.45) is 91.7. The van der Waals surface area contributed by atoms with Crippen molar-refractivity contribution in [1.82, 2.24) is 5.32 Å².